The molecule has 3 aromatic carbocycles. The molecule has 0 fully saturated rings. The zero-order valence-electron chi connectivity index (χ0n) is 18.0. The summed E-state index contributed by atoms with van der Waals surface area (Å²) in [7, 11) is 0. The summed E-state index contributed by atoms with van der Waals surface area (Å²) in [6.07, 6.45) is 5.29. The molecule has 0 aliphatic carbocycles. The first-order valence-corrected chi connectivity index (χ1v) is 13.3. The smallest absolute Gasteiger partial charge is 0.160 e. The van der Waals surface area contributed by atoms with Gasteiger partial charge in [-0.1, -0.05) is 54.6 Å². The number of para-hydroxylation sites is 2. The number of benzene rings is 3. The van der Waals surface area contributed by atoms with Gasteiger partial charge in [0.05, 0.1) is 14.3 Å². The molecule has 34 heavy (non-hydrogen) atoms. The van der Waals surface area contributed by atoms with Crippen molar-refractivity contribution in [3.05, 3.63) is 112 Å². The zero-order chi connectivity index (χ0) is 22.9. The Morgan fingerprint density at radius 3 is 1.68 bits per heavy atom. The molecule has 0 spiro atoms. The molecular formula is C29H19NOS3. The van der Waals surface area contributed by atoms with Crippen LogP contribution in [0.4, 0.5) is 17.1 Å². The molecule has 3 heterocycles. The van der Waals surface area contributed by atoms with E-state index in [2.05, 4.69) is 95.9 Å². The molecule has 0 bridgehead atoms. The lowest BCUT2D eigenvalue weighted by Crippen LogP contribution is -2.09. The molecule has 0 saturated carbocycles. The van der Waals surface area contributed by atoms with Crippen molar-refractivity contribution < 1.29 is 4.79 Å². The van der Waals surface area contributed by atoms with Gasteiger partial charge in [0.15, 0.2) is 6.29 Å². The molecule has 6 aromatic rings. The first kappa shape index (κ1) is 21.1. The maximum absolute atomic E-state index is 11.1. The molecule has 0 saturated heterocycles. The molecule has 0 amide bonds. The molecule has 0 atom stereocenters. The Balaban J connectivity index is 1.28. The normalized spacial score (nSPS) is 11.5. The van der Waals surface area contributed by atoms with E-state index in [4.69, 9.17) is 0 Å². The Bertz CT molecular complexity index is 1570. The summed E-state index contributed by atoms with van der Waals surface area (Å²) in [5.41, 5.74) is 4.55. The van der Waals surface area contributed by atoms with Crippen LogP contribution in [0.25, 0.3) is 31.0 Å². The number of aldehydes is 1. The molecule has 6 rings (SSSR count). The van der Waals surface area contributed by atoms with Crippen LogP contribution in [-0.2, 0) is 0 Å². The Morgan fingerprint density at radius 2 is 1.09 bits per heavy atom. The van der Waals surface area contributed by atoms with Gasteiger partial charge in [-0.3, -0.25) is 4.79 Å². The maximum Gasteiger partial charge on any atom is 0.160 e. The third-order valence-corrected chi connectivity index (χ3v) is 9.26. The van der Waals surface area contributed by atoms with Crippen molar-refractivity contribution in [2.45, 2.75) is 0 Å². The van der Waals surface area contributed by atoms with Gasteiger partial charge in [0.1, 0.15) is 0 Å². The molecule has 3 aromatic heterocycles. The minimum atomic E-state index is 0.800. The summed E-state index contributed by atoms with van der Waals surface area (Å²) in [6, 6.07) is 33.8. The van der Waals surface area contributed by atoms with Gasteiger partial charge in [-0.25, -0.2) is 0 Å². The van der Waals surface area contributed by atoms with Crippen LogP contribution in [0.2, 0.25) is 0 Å². The van der Waals surface area contributed by atoms with E-state index in [9.17, 15) is 4.79 Å². The van der Waals surface area contributed by atoms with Crippen LogP contribution in [0.5, 0.6) is 0 Å². The van der Waals surface area contributed by atoms with E-state index in [1.54, 1.807) is 34.0 Å². The fourth-order valence-electron chi connectivity index (χ4n) is 4.03. The van der Waals surface area contributed by atoms with Gasteiger partial charge in [-0.15, -0.1) is 34.0 Å². The van der Waals surface area contributed by atoms with Crippen molar-refractivity contribution in [2.75, 3.05) is 4.90 Å². The van der Waals surface area contributed by atoms with E-state index in [1.807, 2.05) is 18.2 Å². The van der Waals surface area contributed by atoms with Crippen LogP contribution in [0.3, 0.4) is 0 Å². The summed E-state index contributed by atoms with van der Waals surface area (Å²) < 4.78 is 5.02. The first-order valence-electron chi connectivity index (χ1n) is 10.9. The average Bonchev–Trinajstić information content (AvgIpc) is 3.55. The van der Waals surface area contributed by atoms with E-state index in [1.165, 1.54) is 23.7 Å². The van der Waals surface area contributed by atoms with E-state index in [0.29, 0.717) is 0 Å². The molecular weight excluding hydrogens is 475 g/mol. The lowest BCUT2D eigenvalue weighted by molar-refractivity contribution is 0.112. The van der Waals surface area contributed by atoms with Crippen LogP contribution in [0.1, 0.15) is 20.1 Å². The number of hydrogen-bond acceptors (Lipinski definition) is 5. The van der Waals surface area contributed by atoms with Crippen LogP contribution in [-0.4, -0.2) is 6.29 Å². The Morgan fingerprint density at radius 1 is 0.559 bits per heavy atom. The van der Waals surface area contributed by atoms with Crippen molar-refractivity contribution >= 4 is 88.3 Å². The Hall–Kier alpha value is -3.51. The van der Waals surface area contributed by atoms with Gasteiger partial charge < -0.3 is 4.90 Å². The standard InChI is InChI=1S/C29H19NOS3/c31-19-25-18-27-29(33-25)28-26(34-27)17-24(32-28)16-13-20-11-14-23(15-12-20)30(21-7-3-1-4-8-21)22-9-5-2-6-10-22/h1-19H. The summed E-state index contributed by atoms with van der Waals surface area (Å²) >= 11 is 5.14. The summed E-state index contributed by atoms with van der Waals surface area (Å²) in [6.45, 7) is 0. The van der Waals surface area contributed by atoms with E-state index >= 15 is 0 Å². The van der Waals surface area contributed by atoms with Gasteiger partial charge in [-0.2, -0.15) is 0 Å². The van der Waals surface area contributed by atoms with Gasteiger partial charge in [0.2, 0.25) is 0 Å². The van der Waals surface area contributed by atoms with Crippen molar-refractivity contribution in [1.82, 2.24) is 0 Å². The number of carbonyl (C=O) groups excluding carboxylic acids is 1. The fraction of sp³-hybridized carbons (Fsp3) is 0. The Kier molecular flexibility index (Phi) is 5.59. The molecule has 0 aliphatic heterocycles. The maximum atomic E-state index is 11.1. The highest BCUT2D eigenvalue weighted by atomic mass is 32.1. The fourth-order valence-corrected chi connectivity index (χ4v) is 7.79. The van der Waals surface area contributed by atoms with E-state index < -0.39 is 0 Å². The zero-order valence-corrected chi connectivity index (χ0v) is 20.5. The lowest BCUT2D eigenvalue weighted by atomic mass is 10.1. The lowest BCUT2D eigenvalue weighted by Gasteiger charge is -2.25. The van der Waals surface area contributed by atoms with Crippen molar-refractivity contribution in [3.63, 3.8) is 0 Å². The second-order valence-electron chi connectivity index (χ2n) is 7.84. The minimum absolute atomic E-state index is 0.800. The number of rotatable bonds is 6. The quantitative estimate of drug-likeness (QED) is 0.215. The van der Waals surface area contributed by atoms with E-state index in [0.717, 1.165) is 33.8 Å². The summed E-state index contributed by atoms with van der Waals surface area (Å²) in [5, 5.41) is 0. The highest BCUT2D eigenvalue weighted by molar-refractivity contribution is 7.39. The number of carbonyl (C=O) groups is 1. The van der Waals surface area contributed by atoms with Crippen LogP contribution < -0.4 is 4.90 Å². The number of thiophene rings is 3. The highest BCUT2D eigenvalue weighted by Crippen LogP contribution is 2.43. The second-order valence-corrected chi connectivity index (χ2v) is 11.1. The summed E-state index contributed by atoms with van der Waals surface area (Å²) in [4.78, 5) is 15.4. The number of anilines is 3. The minimum Gasteiger partial charge on any atom is -0.311 e. The molecule has 5 heteroatoms. The predicted molar refractivity (Wildman–Crippen MR) is 151 cm³/mol. The van der Waals surface area contributed by atoms with Crippen LogP contribution >= 0.6 is 34.0 Å². The number of fused-ring (bicyclic) bond motifs is 3. The van der Waals surface area contributed by atoms with Gasteiger partial charge in [-0.05, 0) is 60.2 Å². The van der Waals surface area contributed by atoms with Crippen LogP contribution in [0, 0.1) is 0 Å². The SMILES string of the molecule is O=Cc1cc2sc3cc(C=Cc4ccc(N(c5ccccc5)c5ccccc5)cc4)sc3c2s1. The largest absolute Gasteiger partial charge is 0.311 e. The van der Waals surface area contributed by atoms with Gasteiger partial charge in [0.25, 0.3) is 0 Å². The molecule has 0 N–H and O–H groups in total. The van der Waals surface area contributed by atoms with Gasteiger partial charge in [0, 0.05) is 31.3 Å². The first-order chi connectivity index (χ1) is 16.8. The Labute approximate surface area is 209 Å². The number of nitrogens with zero attached hydrogens (tertiary/aromatic N) is 1. The third kappa shape index (κ3) is 3.99. The van der Waals surface area contributed by atoms with Crippen molar-refractivity contribution in [1.29, 1.82) is 0 Å². The topological polar surface area (TPSA) is 20.3 Å². The summed E-state index contributed by atoms with van der Waals surface area (Å²) in [5.74, 6) is 0. The molecule has 164 valence electrons. The van der Waals surface area contributed by atoms with Crippen LogP contribution in [0.15, 0.2) is 97.1 Å². The highest BCUT2D eigenvalue weighted by Gasteiger charge is 2.13. The third-order valence-electron chi connectivity index (χ3n) is 5.60. The molecule has 0 aliphatic rings. The molecule has 0 unspecified atom stereocenters. The monoisotopic (exact) mass is 493 g/mol. The van der Waals surface area contributed by atoms with Crippen molar-refractivity contribution in [3.8, 4) is 0 Å². The predicted octanol–water partition coefficient (Wildman–Crippen LogP) is 9.63. The molecule has 2 nitrogen and oxygen atoms in total. The number of hydrogen-bond donors (Lipinski definition) is 0. The molecule has 0 radical (unpaired) electrons. The van der Waals surface area contributed by atoms with Crippen molar-refractivity contribution in [2.24, 2.45) is 0 Å². The second kappa shape index (κ2) is 9.03. The average molecular weight is 494 g/mol. The van der Waals surface area contributed by atoms with Gasteiger partial charge >= 0.3 is 0 Å². The van der Waals surface area contributed by atoms with E-state index in [-0.39, 0.29) is 0 Å².